The number of hydrogen-bond donors (Lipinski definition) is 1. The third-order valence-electron chi connectivity index (χ3n) is 6.09. The minimum atomic E-state index is -0.781. The highest BCUT2D eigenvalue weighted by Crippen LogP contribution is 2.29. The van der Waals surface area contributed by atoms with Crippen LogP contribution in [0.1, 0.15) is 37.8 Å². The van der Waals surface area contributed by atoms with Gasteiger partial charge >= 0.3 is 5.97 Å². The molecule has 0 spiro atoms. The van der Waals surface area contributed by atoms with Crippen LogP contribution in [0.4, 0.5) is 4.39 Å². The topological polar surface area (TPSA) is 61.5 Å². The molecule has 2 N–H and O–H groups in total. The van der Waals surface area contributed by atoms with Gasteiger partial charge in [0.2, 0.25) is 0 Å². The number of esters is 1. The summed E-state index contributed by atoms with van der Waals surface area (Å²) >= 11 is 6.02. The van der Waals surface area contributed by atoms with Crippen LogP contribution in [0.25, 0.3) is 11.1 Å². The van der Waals surface area contributed by atoms with Crippen LogP contribution in [0.15, 0.2) is 72.8 Å². The first kappa shape index (κ1) is 26.9. The molecule has 0 saturated heterocycles. The van der Waals surface area contributed by atoms with Crippen molar-refractivity contribution >= 4 is 17.6 Å². The Morgan fingerprint density at radius 2 is 1.77 bits per heavy atom. The van der Waals surface area contributed by atoms with Crippen molar-refractivity contribution in [3.63, 3.8) is 0 Å². The van der Waals surface area contributed by atoms with E-state index in [2.05, 4.69) is 0 Å². The van der Waals surface area contributed by atoms with Crippen LogP contribution in [0.5, 0.6) is 0 Å². The van der Waals surface area contributed by atoms with Crippen molar-refractivity contribution in [2.45, 2.75) is 45.8 Å². The van der Waals surface area contributed by atoms with Crippen LogP contribution in [0.3, 0.4) is 0 Å². The summed E-state index contributed by atoms with van der Waals surface area (Å²) < 4.78 is 25.4. The van der Waals surface area contributed by atoms with E-state index in [1.165, 1.54) is 12.1 Å². The molecule has 0 heterocycles. The van der Waals surface area contributed by atoms with Gasteiger partial charge in [-0.25, -0.2) is 4.39 Å². The van der Waals surface area contributed by atoms with Gasteiger partial charge in [0.15, 0.2) is 0 Å². The summed E-state index contributed by atoms with van der Waals surface area (Å²) in [5.74, 6) is -0.596. The highest BCUT2D eigenvalue weighted by atomic mass is 35.5. The van der Waals surface area contributed by atoms with E-state index in [-0.39, 0.29) is 31.0 Å². The van der Waals surface area contributed by atoms with Crippen molar-refractivity contribution in [1.29, 1.82) is 0 Å². The quantitative estimate of drug-likeness (QED) is 0.287. The van der Waals surface area contributed by atoms with Gasteiger partial charge in [0.1, 0.15) is 12.4 Å². The van der Waals surface area contributed by atoms with Crippen LogP contribution in [0.2, 0.25) is 5.02 Å². The molecule has 0 radical (unpaired) electrons. The number of carbonyl (C=O) groups excluding carboxylic acids is 1. The maximum Gasteiger partial charge on any atom is 0.314 e. The summed E-state index contributed by atoms with van der Waals surface area (Å²) in [5, 5.41) is 0.491. The molecule has 1 unspecified atom stereocenters. The minimum absolute atomic E-state index is 0.147. The van der Waals surface area contributed by atoms with Crippen molar-refractivity contribution in [2.24, 2.45) is 11.1 Å². The molecule has 0 amide bonds. The summed E-state index contributed by atoms with van der Waals surface area (Å²) in [6.07, 6.45) is 1.82. The third-order valence-corrected chi connectivity index (χ3v) is 6.32. The van der Waals surface area contributed by atoms with Gasteiger partial charge in [0.25, 0.3) is 0 Å². The zero-order chi connectivity index (χ0) is 25.3. The largest absolute Gasteiger partial charge is 0.460 e. The van der Waals surface area contributed by atoms with Gasteiger partial charge in [-0.15, -0.1) is 0 Å². The molecule has 0 aliphatic rings. The number of benzene rings is 3. The van der Waals surface area contributed by atoms with Gasteiger partial charge in [-0.3, -0.25) is 4.79 Å². The molecule has 186 valence electrons. The van der Waals surface area contributed by atoms with Gasteiger partial charge in [-0.1, -0.05) is 66.2 Å². The fourth-order valence-electron chi connectivity index (χ4n) is 3.91. The van der Waals surface area contributed by atoms with Crippen LogP contribution in [-0.2, 0) is 27.3 Å². The third kappa shape index (κ3) is 7.89. The van der Waals surface area contributed by atoms with Crippen molar-refractivity contribution in [2.75, 3.05) is 13.2 Å². The fourth-order valence-corrected chi connectivity index (χ4v) is 4.08. The Labute approximate surface area is 212 Å². The molecule has 0 bridgehead atoms. The molecule has 2 atom stereocenters. The predicted octanol–water partition coefficient (Wildman–Crippen LogP) is 6.58. The lowest BCUT2D eigenvalue weighted by Gasteiger charge is -2.28. The molecule has 3 rings (SSSR count). The maximum atomic E-state index is 14.2. The number of rotatable bonds is 12. The standard InChI is InChI=1S/C29H33ClFNO3/c1-3-34-20-29(2,28(33)35-19-22-7-5-4-6-8-22)16-15-25(32)17-21-9-11-23(12-10-21)26-18-24(30)13-14-27(26)31/h4-14,18,25H,3,15-17,19-20,32H2,1-2H3/t25-,29?/m0/s1. The zero-order valence-electron chi connectivity index (χ0n) is 20.3. The average Bonchev–Trinajstić information content (AvgIpc) is 2.87. The molecular formula is C29H33ClFNO3. The first-order chi connectivity index (χ1) is 16.8. The Morgan fingerprint density at radius 3 is 2.46 bits per heavy atom. The zero-order valence-corrected chi connectivity index (χ0v) is 21.1. The molecule has 3 aromatic carbocycles. The SMILES string of the molecule is CCOCC(C)(CC[C@H](N)Cc1ccc(-c2cc(Cl)ccc2F)cc1)C(=O)OCc1ccccc1. The summed E-state index contributed by atoms with van der Waals surface area (Å²) in [7, 11) is 0. The second-order valence-electron chi connectivity index (χ2n) is 9.08. The summed E-state index contributed by atoms with van der Waals surface area (Å²) in [6, 6.07) is 21.6. The lowest BCUT2D eigenvalue weighted by Crippen LogP contribution is -2.37. The van der Waals surface area contributed by atoms with Gasteiger partial charge < -0.3 is 15.2 Å². The van der Waals surface area contributed by atoms with E-state index in [1.54, 1.807) is 6.07 Å². The summed E-state index contributed by atoms with van der Waals surface area (Å²) in [4.78, 5) is 13.0. The molecule has 3 aromatic rings. The molecule has 35 heavy (non-hydrogen) atoms. The normalized spacial score (nSPS) is 13.7. The van der Waals surface area contributed by atoms with E-state index in [1.807, 2.05) is 68.4 Å². The van der Waals surface area contributed by atoms with E-state index < -0.39 is 5.41 Å². The van der Waals surface area contributed by atoms with Crippen molar-refractivity contribution in [1.82, 2.24) is 0 Å². The van der Waals surface area contributed by atoms with Gasteiger partial charge in [0, 0.05) is 23.2 Å². The van der Waals surface area contributed by atoms with Gasteiger partial charge in [0.05, 0.1) is 12.0 Å². The number of halogens is 2. The van der Waals surface area contributed by atoms with Gasteiger partial charge in [-0.05, 0) is 68.0 Å². The molecule has 0 aliphatic carbocycles. The van der Waals surface area contributed by atoms with E-state index in [4.69, 9.17) is 26.8 Å². The first-order valence-electron chi connectivity index (χ1n) is 11.9. The predicted molar refractivity (Wildman–Crippen MR) is 139 cm³/mol. The summed E-state index contributed by atoms with van der Waals surface area (Å²) in [5.41, 5.74) is 8.86. The fraction of sp³-hybridized carbons (Fsp3) is 0.345. The van der Waals surface area contributed by atoms with E-state index in [0.29, 0.717) is 36.5 Å². The Bertz CT molecular complexity index is 1090. The Hall–Kier alpha value is -2.73. The lowest BCUT2D eigenvalue weighted by atomic mass is 9.84. The highest BCUT2D eigenvalue weighted by Gasteiger charge is 2.35. The second kappa shape index (κ2) is 12.8. The van der Waals surface area contributed by atoms with Crippen LogP contribution < -0.4 is 5.73 Å². The number of ether oxygens (including phenoxy) is 2. The van der Waals surface area contributed by atoms with E-state index in [9.17, 15) is 9.18 Å². The number of nitrogens with two attached hydrogens (primary N) is 1. The number of carbonyl (C=O) groups is 1. The smallest absolute Gasteiger partial charge is 0.314 e. The molecule has 0 aliphatic heterocycles. The average molecular weight is 498 g/mol. The van der Waals surface area contributed by atoms with E-state index in [0.717, 1.165) is 16.7 Å². The highest BCUT2D eigenvalue weighted by molar-refractivity contribution is 6.30. The number of hydrogen-bond acceptors (Lipinski definition) is 4. The molecule has 0 fully saturated rings. The first-order valence-corrected chi connectivity index (χ1v) is 12.3. The van der Waals surface area contributed by atoms with E-state index >= 15 is 0 Å². The molecule has 0 saturated carbocycles. The van der Waals surface area contributed by atoms with Crippen molar-refractivity contribution in [3.05, 3.63) is 94.8 Å². The minimum Gasteiger partial charge on any atom is -0.460 e. The van der Waals surface area contributed by atoms with Crippen molar-refractivity contribution in [3.8, 4) is 11.1 Å². The summed E-state index contributed by atoms with van der Waals surface area (Å²) in [6.45, 7) is 4.81. The van der Waals surface area contributed by atoms with Crippen LogP contribution >= 0.6 is 11.6 Å². The molecule has 6 heteroatoms. The van der Waals surface area contributed by atoms with Gasteiger partial charge in [-0.2, -0.15) is 0 Å². The molecule has 4 nitrogen and oxygen atoms in total. The Balaban J connectivity index is 1.58. The van der Waals surface area contributed by atoms with Crippen LogP contribution in [0, 0.1) is 11.2 Å². The maximum absolute atomic E-state index is 14.2. The monoisotopic (exact) mass is 497 g/mol. The van der Waals surface area contributed by atoms with Crippen LogP contribution in [-0.4, -0.2) is 25.2 Å². The molecular weight excluding hydrogens is 465 g/mol. The Morgan fingerprint density at radius 1 is 1.06 bits per heavy atom. The van der Waals surface area contributed by atoms with Crippen molar-refractivity contribution < 1.29 is 18.7 Å². The Kier molecular flexibility index (Phi) is 9.84. The lowest BCUT2D eigenvalue weighted by molar-refractivity contribution is -0.160. The molecule has 0 aromatic heterocycles. The second-order valence-corrected chi connectivity index (χ2v) is 9.52.